The van der Waals surface area contributed by atoms with Gasteiger partial charge in [-0.25, -0.2) is 4.79 Å². The summed E-state index contributed by atoms with van der Waals surface area (Å²) in [7, 11) is 3.47. The summed E-state index contributed by atoms with van der Waals surface area (Å²) in [6.07, 6.45) is 0.225. The van der Waals surface area contributed by atoms with Gasteiger partial charge < -0.3 is 19.2 Å². The van der Waals surface area contributed by atoms with Gasteiger partial charge in [0, 0.05) is 39.8 Å². The molecule has 7 heteroatoms. The number of rotatable bonds is 2. The average Bonchev–Trinajstić information content (AvgIpc) is 2.81. The van der Waals surface area contributed by atoms with Gasteiger partial charge in [0.2, 0.25) is 5.91 Å². The Morgan fingerprint density at radius 3 is 2.55 bits per heavy atom. The molecule has 3 amide bonds. The van der Waals surface area contributed by atoms with E-state index >= 15 is 0 Å². The van der Waals surface area contributed by atoms with E-state index in [0.717, 1.165) is 0 Å². The van der Waals surface area contributed by atoms with Gasteiger partial charge in [0.25, 0.3) is 0 Å². The highest BCUT2D eigenvalue weighted by Gasteiger charge is 2.38. The van der Waals surface area contributed by atoms with Crippen LogP contribution >= 0.6 is 0 Å². The van der Waals surface area contributed by atoms with Crippen molar-refractivity contribution in [2.75, 3.05) is 33.7 Å². The number of carbonyl (C=O) groups is 2. The minimum Gasteiger partial charge on any atom is -0.361 e. The minimum atomic E-state index is -0.403. The highest BCUT2D eigenvalue weighted by molar-refractivity contribution is 5.80. The highest BCUT2D eigenvalue weighted by atomic mass is 16.5. The Balaban J connectivity index is 2.03. The molecule has 1 aliphatic rings. The Labute approximate surface area is 130 Å². The number of carbonyl (C=O) groups excluding carboxylic acids is 2. The fourth-order valence-electron chi connectivity index (χ4n) is 2.81. The Hall–Kier alpha value is -2.05. The first-order valence-electron chi connectivity index (χ1n) is 7.39. The van der Waals surface area contributed by atoms with Gasteiger partial charge in [-0.1, -0.05) is 5.16 Å². The van der Waals surface area contributed by atoms with Crippen molar-refractivity contribution in [3.05, 3.63) is 17.5 Å². The first kappa shape index (κ1) is 16.3. The number of nitrogens with zero attached hydrogens (tertiary/aromatic N) is 4. The molecule has 0 atom stereocenters. The molecule has 0 bridgehead atoms. The maximum absolute atomic E-state index is 12.5. The molecule has 22 heavy (non-hydrogen) atoms. The van der Waals surface area contributed by atoms with Crippen LogP contribution in [0.15, 0.2) is 10.6 Å². The van der Waals surface area contributed by atoms with E-state index in [-0.39, 0.29) is 18.4 Å². The van der Waals surface area contributed by atoms with Crippen LogP contribution in [0.3, 0.4) is 0 Å². The van der Waals surface area contributed by atoms with Gasteiger partial charge in [0.15, 0.2) is 0 Å². The largest absolute Gasteiger partial charge is 0.361 e. The third-order valence-corrected chi connectivity index (χ3v) is 3.87. The number of hydrogen-bond donors (Lipinski definition) is 0. The van der Waals surface area contributed by atoms with E-state index in [0.29, 0.717) is 31.1 Å². The number of aromatic nitrogens is 1. The van der Waals surface area contributed by atoms with Crippen LogP contribution in [0, 0.1) is 6.92 Å². The first-order valence-corrected chi connectivity index (χ1v) is 7.39. The zero-order chi connectivity index (χ0) is 16.5. The van der Waals surface area contributed by atoms with Crippen LogP contribution < -0.4 is 0 Å². The second-order valence-corrected chi connectivity index (χ2v) is 6.56. The van der Waals surface area contributed by atoms with Crippen molar-refractivity contribution in [2.45, 2.75) is 32.7 Å². The molecular weight excluding hydrogens is 284 g/mol. The second-order valence-electron chi connectivity index (χ2n) is 6.56. The van der Waals surface area contributed by atoms with Crippen molar-refractivity contribution in [2.24, 2.45) is 0 Å². The van der Waals surface area contributed by atoms with E-state index in [1.807, 2.05) is 18.7 Å². The van der Waals surface area contributed by atoms with E-state index in [2.05, 4.69) is 5.16 Å². The van der Waals surface area contributed by atoms with Crippen LogP contribution in [0.4, 0.5) is 4.79 Å². The molecule has 122 valence electrons. The molecule has 0 aromatic carbocycles. The summed E-state index contributed by atoms with van der Waals surface area (Å²) in [5.41, 5.74) is 0.241. The van der Waals surface area contributed by atoms with Crippen LogP contribution in [0.2, 0.25) is 0 Å². The summed E-state index contributed by atoms with van der Waals surface area (Å²) >= 11 is 0. The average molecular weight is 308 g/mol. The normalized spacial score (nSPS) is 17.5. The summed E-state index contributed by atoms with van der Waals surface area (Å²) < 4.78 is 5.00. The highest BCUT2D eigenvalue weighted by Crippen LogP contribution is 2.22. The lowest BCUT2D eigenvalue weighted by Crippen LogP contribution is -2.63. The molecule has 1 fully saturated rings. The van der Waals surface area contributed by atoms with Crippen LogP contribution in [0.25, 0.3) is 0 Å². The molecule has 0 spiro atoms. The van der Waals surface area contributed by atoms with Crippen molar-refractivity contribution >= 4 is 11.9 Å². The summed E-state index contributed by atoms with van der Waals surface area (Å²) in [5, 5.41) is 3.87. The number of piperazine rings is 1. The lowest BCUT2D eigenvalue weighted by atomic mass is 9.98. The van der Waals surface area contributed by atoms with E-state index in [4.69, 9.17) is 4.52 Å². The van der Waals surface area contributed by atoms with E-state index in [1.54, 1.807) is 36.9 Å². The molecule has 1 aromatic rings. The fourth-order valence-corrected chi connectivity index (χ4v) is 2.81. The molecule has 0 saturated carbocycles. The van der Waals surface area contributed by atoms with E-state index in [1.165, 1.54) is 0 Å². The molecule has 0 radical (unpaired) electrons. The molecule has 0 N–H and O–H groups in total. The van der Waals surface area contributed by atoms with Gasteiger partial charge in [0.05, 0.1) is 17.7 Å². The number of urea groups is 1. The fraction of sp³-hybridized carbons (Fsp3) is 0.667. The zero-order valence-corrected chi connectivity index (χ0v) is 13.9. The molecular formula is C15H24N4O3. The third kappa shape index (κ3) is 3.40. The monoisotopic (exact) mass is 308 g/mol. The standard InChI is InChI=1S/C15H24N4O3/c1-11-8-12(16-22-11)9-13(20)19-7-6-18(10-15(19,2)3)14(21)17(4)5/h8H,6-7,9-10H2,1-5H3. The van der Waals surface area contributed by atoms with Gasteiger partial charge in [0.1, 0.15) is 5.76 Å². The second kappa shape index (κ2) is 5.98. The first-order chi connectivity index (χ1) is 10.2. The van der Waals surface area contributed by atoms with Gasteiger partial charge in [-0.15, -0.1) is 0 Å². The zero-order valence-electron chi connectivity index (χ0n) is 13.9. The Bertz CT molecular complexity index is 565. The third-order valence-electron chi connectivity index (χ3n) is 3.87. The summed E-state index contributed by atoms with van der Waals surface area (Å²) in [6, 6.07) is 1.75. The molecule has 0 unspecified atom stereocenters. The molecule has 1 aromatic heterocycles. The Morgan fingerprint density at radius 1 is 1.36 bits per heavy atom. The number of hydrogen-bond acceptors (Lipinski definition) is 4. The van der Waals surface area contributed by atoms with Gasteiger partial charge in [-0.05, 0) is 20.8 Å². The van der Waals surface area contributed by atoms with Crippen LogP contribution in [0.1, 0.15) is 25.3 Å². The van der Waals surface area contributed by atoms with Crippen molar-refractivity contribution in [3.63, 3.8) is 0 Å². The van der Waals surface area contributed by atoms with E-state index < -0.39 is 5.54 Å². The van der Waals surface area contributed by atoms with Crippen molar-refractivity contribution in [1.82, 2.24) is 19.9 Å². The minimum absolute atomic E-state index is 0.00949. The SMILES string of the molecule is Cc1cc(CC(=O)N2CCN(C(=O)N(C)C)CC2(C)C)no1. The van der Waals surface area contributed by atoms with Crippen molar-refractivity contribution < 1.29 is 14.1 Å². The van der Waals surface area contributed by atoms with Gasteiger partial charge in [-0.3, -0.25) is 4.79 Å². The van der Waals surface area contributed by atoms with Crippen molar-refractivity contribution in [3.8, 4) is 0 Å². The molecule has 0 aliphatic carbocycles. The molecule has 2 heterocycles. The molecule has 1 aliphatic heterocycles. The summed E-state index contributed by atoms with van der Waals surface area (Å²) in [4.78, 5) is 29.8. The maximum Gasteiger partial charge on any atom is 0.319 e. The van der Waals surface area contributed by atoms with Crippen LogP contribution in [-0.2, 0) is 11.2 Å². The van der Waals surface area contributed by atoms with E-state index in [9.17, 15) is 9.59 Å². The van der Waals surface area contributed by atoms with Crippen LogP contribution in [-0.4, -0.2) is 71.1 Å². The predicted molar refractivity (Wildman–Crippen MR) is 81.4 cm³/mol. The lowest BCUT2D eigenvalue weighted by Gasteiger charge is -2.47. The number of amides is 3. The molecule has 1 saturated heterocycles. The quantitative estimate of drug-likeness (QED) is 0.821. The maximum atomic E-state index is 12.5. The van der Waals surface area contributed by atoms with Gasteiger partial charge in [-0.2, -0.15) is 0 Å². The van der Waals surface area contributed by atoms with Crippen molar-refractivity contribution in [1.29, 1.82) is 0 Å². The van der Waals surface area contributed by atoms with Gasteiger partial charge >= 0.3 is 6.03 Å². The lowest BCUT2D eigenvalue weighted by molar-refractivity contribution is -0.139. The predicted octanol–water partition coefficient (Wildman–Crippen LogP) is 1.13. The number of aryl methyl sites for hydroxylation is 1. The smallest absolute Gasteiger partial charge is 0.319 e. The Kier molecular flexibility index (Phi) is 4.44. The summed E-state index contributed by atoms with van der Waals surface area (Å²) in [5.74, 6) is 0.707. The topological polar surface area (TPSA) is 69.9 Å². The molecule has 2 rings (SSSR count). The Morgan fingerprint density at radius 2 is 2.05 bits per heavy atom. The molecule has 7 nitrogen and oxygen atoms in total. The van der Waals surface area contributed by atoms with Crippen LogP contribution in [0.5, 0.6) is 0 Å². The summed E-state index contributed by atoms with van der Waals surface area (Å²) in [6.45, 7) is 7.36.